The van der Waals surface area contributed by atoms with Crippen molar-refractivity contribution in [2.24, 2.45) is 5.92 Å². The molecule has 0 aromatic carbocycles. The van der Waals surface area contributed by atoms with Crippen molar-refractivity contribution >= 4 is 5.91 Å². The van der Waals surface area contributed by atoms with E-state index in [2.05, 4.69) is 13.8 Å². The molecule has 1 atom stereocenters. The van der Waals surface area contributed by atoms with Crippen LogP contribution in [-0.2, 0) is 9.53 Å². The summed E-state index contributed by atoms with van der Waals surface area (Å²) in [5.74, 6) is 0.921. The zero-order valence-electron chi connectivity index (χ0n) is 10.9. The Balaban J connectivity index is 2.43. The minimum absolute atomic E-state index is 0.315. The molecule has 1 saturated heterocycles. The number of likely N-dealkylation sites (tertiary alicyclic amines) is 1. The van der Waals surface area contributed by atoms with Crippen LogP contribution in [0.2, 0.25) is 0 Å². The van der Waals surface area contributed by atoms with Gasteiger partial charge in [-0.2, -0.15) is 0 Å². The third-order valence-electron chi connectivity index (χ3n) is 3.24. The van der Waals surface area contributed by atoms with Crippen LogP contribution in [0.5, 0.6) is 0 Å². The molecule has 0 radical (unpaired) electrons. The van der Waals surface area contributed by atoms with Gasteiger partial charge in [0.05, 0.1) is 12.6 Å². The monoisotopic (exact) mass is 227 g/mol. The van der Waals surface area contributed by atoms with Gasteiger partial charge in [-0.1, -0.05) is 13.8 Å². The average Bonchev–Trinajstić information content (AvgIpc) is 2.27. The van der Waals surface area contributed by atoms with Gasteiger partial charge in [-0.25, -0.2) is 0 Å². The average molecular weight is 227 g/mol. The van der Waals surface area contributed by atoms with E-state index < -0.39 is 0 Å². The van der Waals surface area contributed by atoms with E-state index in [-0.39, 0.29) is 0 Å². The molecule has 0 aromatic heterocycles. The number of ether oxygens (including phenoxy) is 1. The highest BCUT2D eigenvalue weighted by atomic mass is 16.5. The lowest BCUT2D eigenvalue weighted by Gasteiger charge is -2.35. The van der Waals surface area contributed by atoms with Crippen LogP contribution in [0.25, 0.3) is 0 Å². The Morgan fingerprint density at radius 2 is 2.19 bits per heavy atom. The van der Waals surface area contributed by atoms with E-state index in [0.29, 0.717) is 30.9 Å². The van der Waals surface area contributed by atoms with Gasteiger partial charge in [0.1, 0.15) is 0 Å². The van der Waals surface area contributed by atoms with Gasteiger partial charge >= 0.3 is 0 Å². The molecule has 1 aliphatic rings. The van der Waals surface area contributed by atoms with Crippen molar-refractivity contribution in [3.8, 4) is 0 Å². The summed E-state index contributed by atoms with van der Waals surface area (Å²) in [7, 11) is 1.71. The third-order valence-corrected chi connectivity index (χ3v) is 3.24. The van der Waals surface area contributed by atoms with Crippen molar-refractivity contribution in [1.29, 1.82) is 0 Å². The molecule has 3 heteroatoms. The highest BCUT2D eigenvalue weighted by molar-refractivity contribution is 5.76. The lowest BCUT2D eigenvalue weighted by Crippen LogP contribution is -2.46. The molecular formula is C13H25NO2. The van der Waals surface area contributed by atoms with E-state index >= 15 is 0 Å². The van der Waals surface area contributed by atoms with Crippen LogP contribution in [-0.4, -0.2) is 37.1 Å². The highest BCUT2D eigenvalue weighted by Gasteiger charge is 2.26. The quantitative estimate of drug-likeness (QED) is 0.722. The largest absolute Gasteiger partial charge is 0.383 e. The summed E-state index contributed by atoms with van der Waals surface area (Å²) in [5.41, 5.74) is 0. The van der Waals surface area contributed by atoms with Gasteiger partial charge in [-0.3, -0.25) is 4.79 Å². The van der Waals surface area contributed by atoms with Crippen molar-refractivity contribution in [1.82, 2.24) is 4.90 Å². The van der Waals surface area contributed by atoms with Crippen LogP contribution in [0.3, 0.4) is 0 Å². The van der Waals surface area contributed by atoms with E-state index in [1.54, 1.807) is 7.11 Å². The minimum Gasteiger partial charge on any atom is -0.383 e. The summed E-state index contributed by atoms with van der Waals surface area (Å²) in [5, 5.41) is 0. The first-order chi connectivity index (χ1) is 7.65. The van der Waals surface area contributed by atoms with Crippen LogP contribution in [0.15, 0.2) is 0 Å². The molecule has 0 aromatic rings. The predicted octanol–water partition coefficient (Wildman–Crippen LogP) is 2.45. The summed E-state index contributed by atoms with van der Waals surface area (Å²) in [4.78, 5) is 14.1. The molecule has 0 saturated carbocycles. The molecule has 1 amide bonds. The number of piperidine rings is 1. The minimum atomic E-state index is 0.315. The molecule has 0 N–H and O–H groups in total. The molecule has 3 nitrogen and oxygen atoms in total. The standard InChI is InChI=1S/C13H25NO2/c1-11(2)7-8-13(15)14-9-5-4-6-12(14)10-16-3/h11-12H,4-10H2,1-3H3. The number of methoxy groups -OCH3 is 1. The fourth-order valence-corrected chi connectivity index (χ4v) is 2.25. The van der Waals surface area contributed by atoms with Gasteiger partial charge in [0.25, 0.3) is 0 Å². The molecule has 0 spiro atoms. The van der Waals surface area contributed by atoms with E-state index in [0.717, 1.165) is 25.8 Å². The number of carbonyl (C=O) groups excluding carboxylic acids is 1. The van der Waals surface area contributed by atoms with Crippen LogP contribution < -0.4 is 0 Å². The number of carbonyl (C=O) groups is 1. The van der Waals surface area contributed by atoms with Gasteiger partial charge in [-0.15, -0.1) is 0 Å². The van der Waals surface area contributed by atoms with Gasteiger partial charge in [0.15, 0.2) is 0 Å². The predicted molar refractivity (Wildman–Crippen MR) is 65.3 cm³/mol. The molecular weight excluding hydrogens is 202 g/mol. The Bertz CT molecular complexity index is 214. The fourth-order valence-electron chi connectivity index (χ4n) is 2.25. The van der Waals surface area contributed by atoms with Gasteiger partial charge in [-0.05, 0) is 31.6 Å². The zero-order chi connectivity index (χ0) is 12.0. The molecule has 16 heavy (non-hydrogen) atoms. The maximum absolute atomic E-state index is 12.1. The molecule has 1 aliphatic heterocycles. The molecule has 1 rings (SSSR count). The Morgan fingerprint density at radius 1 is 1.44 bits per heavy atom. The maximum Gasteiger partial charge on any atom is 0.222 e. The Labute approximate surface area is 99.1 Å². The maximum atomic E-state index is 12.1. The first kappa shape index (κ1) is 13.5. The van der Waals surface area contributed by atoms with Gasteiger partial charge in [0.2, 0.25) is 5.91 Å². The smallest absolute Gasteiger partial charge is 0.222 e. The Hall–Kier alpha value is -0.570. The first-order valence-corrected chi connectivity index (χ1v) is 6.43. The second kappa shape index (κ2) is 6.89. The number of rotatable bonds is 5. The molecule has 1 unspecified atom stereocenters. The van der Waals surface area contributed by atoms with Crippen molar-refractivity contribution in [3.05, 3.63) is 0 Å². The van der Waals surface area contributed by atoms with E-state index in [1.165, 1.54) is 6.42 Å². The van der Waals surface area contributed by atoms with Gasteiger partial charge < -0.3 is 9.64 Å². The topological polar surface area (TPSA) is 29.5 Å². The van der Waals surface area contributed by atoms with E-state index in [9.17, 15) is 4.79 Å². The van der Waals surface area contributed by atoms with Crippen molar-refractivity contribution in [2.45, 2.75) is 52.0 Å². The Kier molecular flexibility index (Phi) is 5.81. The number of hydrogen-bond acceptors (Lipinski definition) is 2. The molecule has 0 bridgehead atoms. The molecule has 0 aliphatic carbocycles. The Morgan fingerprint density at radius 3 is 2.81 bits per heavy atom. The molecule has 1 fully saturated rings. The number of nitrogens with zero attached hydrogens (tertiary/aromatic N) is 1. The third kappa shape index (κ3) is 4.12. The highest BCUT2D eigenvalue weighted by Crippen LogP contribution is 2.19. The molecule has 94 valence electrons. The second-order valence-corrected chi connectivity index (χ2v) is 5.12. The summed E-state index contributed by atoms with van der Waals surface area (Å²) >= 11 is 0. The number of hydrogen-bond donors (Lipinski definition) is 0. The van der Waals surface area contributed by atoms with Crippen molar-refractivity contribution < 1.29 is 9.53 Å². The number of amides is 1. The first-order valence-electron chi connectivity index (χ1n) is 6.43. The summed E-state index contributed by atoms with van der Waals surface area (Å²) in [6, 6.07) is 0.318. The van der Waals surface area contributed by atoms with Crippen molar-refractivity contribution in [2.75, 3.05) is 20.3 Å². The van der Waals surface area contributed by atoms with Crippen LogP contribution in [0.1, 0.15) is 46.0 Å². The summed E-state index contributed by atoms with van der Waals surface area (Å²) in [6.07, 6.45) is 5.16. The summed E-state index contributed by atoms with van der Waals surface area (Å²) in [6.45, 7) is 5.94. The lowest BCUT2D eigenvalue weighted by molar-refractivity contribution is -0.136. The van der Waals surface area contributed by atoms with Crippen LogP contribution in [0, 0.1) is 5.92 Å². The van der Waals surface area contributed by atoms with Crippen LogP contribution in [0.4, 0.5) is 0 Å². The SMILES string of the molecule is COCC1CCCCN1C(=O)CCC(C)C. The lowest BCUT2D eigenvalue weighted by atomic mass is 10.0. The van der Waals surface area contributed by atoms with Gasteiger partial charge in [0, 0.05) is 20.1 Å². The van der Waals surface area contributed by atoms with E-state index in [4.69, 9.17) is 4.74 Å². The van der Waals surface area contributed by atoms with Crippen molar-refractivity contribution in [3.63, 3.8) is 0 Å². The zero-order valence-corrected chi connectivity index (χ0v) is 10.9. The van der Waals surface area contributed by atoms with E-state index in [1.807, 2.05) is 4.90 Å². The van der Waals surface area contributed by atoms with Crippen LogP contribution >= 0.6 is 0 Å². The molecule has 1 heterocycles. The normalized spacial score (nSPS) is 21.5. The summed E-state index contributed by atoms with van der Waals surface area (Å²) < 4.78 is 5.19. The fraction of sp³-hybridized carbons (Fsp3) is 0.923. The second-order valence-electron chi connectivity index (χ2n) is 5.12.